The Morgan fingerprint density at radius 1 is 1.47 bits per heavy atom. The van der Waals surface area contributed by atoms with Gasteiger partial charge in [-0.25, -0.2) is 4.98 Å². The molecule has 0 aliphatic carbocycles. The average molecular weight is 228 g/mol. The van der Waals surface area contributed by atoms with Gasteiger partial charge < -0.3 is 5.73 Å². The van der Waals surface area contributed by atoms with E-state index in [4.69, 9.17) is 17.3 Å². The third-order valence-electron chi connectivity index (χ3n) is 2.45. The van der Waals surface area contributed by atoms with E-state index in [9.17, 15) is 0 Å². The van der Waals surface area contributed by atoms with Crippen LogP contribution in [-0.2, 0) is 19.9 Å². The van der Waals surface area contributed by atoms with Crippen molar-refractivity contribution in [1.29, 1.82) is 0 Å². The van der Waals surface area contributed by atoms with Gasteiger partial charge in [-0.3, -0.25) is 4.57 Å². The Bertz CT molecular complexity index is 484. The lowest BCUT2D eigenvalue weighted by atomic mass is 10.3. The molecule has 0 aromatic carbocycles. The first kappa shape index (κ1) is 10.4. The minimum Gasteiger partial charge on any atom is -0.330 e. The second-order valence-electron chi connectivity index (χ2n) is 3.43. The Balaban J connectivity index is 2.60. The Morgan fingerprint density at radius 2 is 2.20 bits per heavy atom. The molecular formula is C9H14ClN5. The number of nitrogens with zero attached hydrogens (tertiary/aromatic N) is 4. The van der Waals surface area contributed by atoms with Crippen LogP contribution < -0.4 is 5.73 Å². The number of aryl methyl sites for hydroxylation is 2. The molecule has 82 valence electrons. The number of nitrogens with two attached hydrogens (primary N) is 1. The highest BCUT2D eigenvalue weighted by atomic mass is 35.5. The summed E-state index contributed by atoms with van der Waals surface area (Å²) in [4.78, 5) is 4.42. The van der Waals surface area contributed by atoms with Crippen molar-refractivity contribution < 1.29 is 0 Å². The molecule has 0 radical (unpaired) electrons. The molecule has 2 N–H and O–H groups in total. The van der Waals surface area contributed by atoms with Crippen LogP contribution in [0.1, 0.15) is 18.4 Å². The maximum absolute atomic E-state index is 6.15. The Morgan fingerprint density at radius 3 is 2.73 bits per heavy atom. The summed E-state index contributed by atoms with van der Waals surface area (Å²) in [6.07, 6.45) is 1.55. The van der Waals surface area contributed by atoms with Crippen LogP contribution in [0.3, 0.4) is 0 Å². The van der Waals surface area contributed by atoms with Gasteiger partial charge in [0, 0.05) is 19.9 Å². The summed E-state index contributed by atoms with van der Waals surface area (Å²) in [7, 11) is 1.94. The van der Waals surface area contributed by atoms with Crippen LogP contribution >= 0.6 is 11.6 Å². The molecule has 15 heavy (non-hydrogen) atoms. The minimum absolute atomic E-state index is 0.546. The lowest BCUT2D eigenvalue weighted by Gasteiger charge is -1.95. The molecule has 2 aromatic rings. The predicted molar refractivity (Wildman–Crippen MR) is 59.1 cm³/mol. The highest BCUT2D eigenvalue weighted by Gasteiger charge is 2.15. The number of imidazole rings is 1. The highest BCUT2D eigenvalue weighted by molar-refractivity contribution is 6.30. The first-order chi connectivity index (χ1) is 7.19. The first-order valence-corrected chi connectivity index (χ1v) is 5.35. The van der Waals surface area contributed by atoms with Crippen molar-refractivity contribution in [3.05, 3.63) is 16.7 Å². The second kappa shape index (κ2) is 3.83. The normalized spacial score (nSPS) is 11.5. The number of fused-ring (bicyclic) bond motifs is 1. The lowest BCUT2D eigenvalue weighted by molar-refractivity contribution is 0.802. The Labute approximate surface area is 92.8 Å². The monoisotopic (exact) mass is 227 g/mol. The first-order valence-electron chi connectivity index (χ1n) is 4.97. The standard InChI is InChI=1S/C9H14ClN5/c1-3-7-13-15-8(10)6(4-5-11)12-9(15)14(7)2/h3-5,11H2,1-2H3. The zero-order valence-corrected chi connectivity index (χ0v) is 9.62. The van der Waals surface area contributed by atoms with Crippen LogP contribution in [0.25, 0.3) is 5.78 Å². The second-order valence-corrected chi connectivity index (χ2v) is 3.79. The topological polar surface area (TPSA) is 61.1 Å². The zero-order chi connectivity index (χ0) is 11.0. The number of halogens is 1. The summed E-state index contributed by atoms with van der Waals surface area (Å²) in [5.41, 5.74) is 6.30. The van der Waals surface area contributed by atoms with Crippen molar-refractivity contribution in [1.82, 2.24) is 19.2 Å². The van der Waals surface area contributed by atoms with E-state index in [0.717, 1.165) is 23.7 Å². The van der Waals surface area contributed by atoms with E-state index in [1.807, 2.05) is 11.6 Å². The summed E-state index contributed by atoms with van der Waals surface area (Å²) >= 11 is 6.15. The number of aromatic nitrogens is 4. The van der Waals surface area contributed by atoms with Crippen LogP contribution in [0.15, 0.2) is 0 Å². The van der Waals surface area contributed by atoms with Gasteiger partial charge >= 0.3 is 0 Å². The van der Waals surface area contributed by atoms with E-state index in [0.29, 0.717) is 18.1 Å². The van der Waals surface area contributed by atoms with E-state index in [1.54, 1.807) is 4.52 Å². The molecular weight excluding hydrogens is 214 g/mol. The maximum Gasteiger partial charge on any atom is 0.233 e. The molecule has 0 atom stereocenters. The molecule has 5 nitrogen and oxygen atoms in total. The van der Waals surface area contributed by atoms with Crippen molar-refractivity contribution in [2.75, 3.05) is 6.54 Å². The largest absolute Gasteiger partial charge is 0.330 e. The van der Waals surface area contributed by atoms with Crippen LogP contribution in [-0.4, -0.2) is 25.7 Å². The van der Waals surface area contributed by atoms with Gasteiger partial charge in [0.1, 0.15) is 5.82 Å². The summed E-state index contributed by atoms with van der Waals surface area (Å²) < 4.78 is 3.62. The van der Waals surface area contributed by atoms with Gasteiger partial charge in [0.25, 0.3) is 0 Å². The molecule has 0 aliphatic heterocycles. The van der Waals surface area contributed by atoms with Gasteiger partial charge in [0.05, 0.1) is 5.69 Å². The summed E-state index contributed by atoms with van der Waals surface area (Å²) in [5.74, 6) is 1.75. The molecule has 0 saturated heterocycles. The minimum atomic E-state index is 0.546. The molecule has 0 unspecified atom stereocenters. The van der Waals surface area contributed by atoms with E-state index in [-0.39, 0.29) is 0 Å². The van der Waals surface area contributed by atoms with Gasteiger partial charge in [-0.2, -0.15) is 9.61 Å². The summed E-state index contributed by atoms with van der Waals surface area (Å²) in [6, 6.07) is 0. The number of hydrogen-bond acceptors (Lipinski definition) is 3. The maximum atomic E-state index is 6.15. The van der Waals surface area contributed by atoms with Crippen LogP contribution in [0.2, 0.25) is 5.15 Å². The molecule has 6 heteroatoms. The molecule has 0 spiro atoms. The van der Waals surface area contributed by atoms with Crippen LogP contribution in [0.5, 0.6) is 0 Å². The van der Waals surface area contributed by atoms with E-state index >= 15 is 0 Å². The average Bonchev–Trinajstić information content (AvgIpc) is 2.69. The van der Waals surface area contributed by atoms with Crippen molar-refractivity contribution in [3.8, 4) is 0 Å². The highest BCUT2D eigenvalue weighted by Crippen LogP contribution is 2.18. The van der Waals surface area contributed by atoms with Gasteiger partial charge in [0.2, 0.25) is 5.78 Å². The fourth-order valence-electron chi connectivity index (χ4n) is 1.63. The number of rotatable bonds is 3. The Kier molecular flexibility index (Phi) is 2.67. The third-order valence-corrected chi connectivity index (χ3v) is 2.83. The third kappa shape index (κ3) is 1.52. The fourth-order valence-corrected chi connectivity index (χ4v) is 1.88. The zero-order valence-electron chi connectivity index (χ0n) is 8.87. The van der Waals surface area contributed by atoms with Gasteiger partial charge in [-0.15, -0.1) is 0 Å². The summed E-state index contributed by atoms with van der Waals surface area (Å²) in [5, 5.41) is 4.95. The lowest BCUT2D eigenvalue weighted by Crippen LogP contribution is -2.04. The predicted octanol–water partition coefficient (Wildman–Crippen LogP) is 0.785. The van der Waals surface area contributed by atoms with Gasteiger partial charge in [-0.1, -0.05) is 18.5 Å². The van der Waals surface area contributed by atoms with Gasteiger partial charge in [-0.05, 0) is 6.54 Å². The molecule has 0 aliphatic rings. The van der Waals surface area contributed by atoms with Crippen LogP contribution in [0.4, 0.5) is 0 Å². The Hall–Kier alpha value is -1.07. The molecule has 2 rings (SSSR count). The van der Waals surface area contributed by atoms with Gasteiger partial charge in [0.15, 0.2) is 5.15 Å². The molecule has 2 heterocycles. The smallest absolute Gasteiger partial charge is 0.233 e. The molecule has 0 saturated carbocycles. The fraction of sp³-hybridized carbons (Fsp3) is 0.556. The van der Waals surface area contributed by atoms with E-state index < -0.39 is 0 Å². The SMILES string of the molecule is CCc1nn2c(Cl)c(CCN)nc2n1C. The van der Waals surface area contributed by atoms with Crippen molar-refractivity contribution >= 4 is 17.4 Å². The molecule has 0 bridgehead atoms. The number of hydrogen-bond donors (Lipinski definition) is 1. The van der Waals surface area contributed by atoms with Crippen molar-refractivity contribution in [2.45, 2.75) is 19.8 Å². The summed E-state index contributed by atoms with van der Waals surface area (Å²) in [6.45, 7) is 2.60. The molecule has 0 fully saturated rings. The molecule has 2 aromatic heterocycles. The quantitative estimate of drug-likeness (QED) is 0.843. The van der Waals surface area contributed by atoms with Crippen LogP contribution in [0, 0.1) is 0 Å². The molecule has 0 amide bonds. The van der Waals surface area contributed by atoms with E-state index in [2.05, 4.69) is 17.0 Å². The van der Waals surface area contributed by atoms with E-state index in [1.165, 1.54) is 0 Å². The van der Waals surface area contributed by atoms with Crippen molar-refractivity contribution in [2.24, 2.45) is 12.8 Å². The van der Waals surface area contributed by atoms with Crippen molar-refractivity contribution in [3.63, 3.8) is 0 Å².